The van der Waals surface area contributed by atoms with Gasteiger partial charge in [-0.1, -0.05) is 6.92 Å². The summed E-state index contributed by atoms with van der Waals surface area (Å²) in [6.07, 6.45) is 5.97. The van der Waals surface area contributed by atoms with Gasteiger partial charge in [-0.15, -0.1) is 11.3 Å². The quantitative estimate of drug-likeness (QED) is 0.793. The van der Waals surface area contributed by atoms with Crippen LogP contribution in [-0.4, -0.2) is 27.0 Å². The van der Waals surface area contributed by atoms with E-state index in [9.17, 15) is 0 Å². The monoisotopic (exact) mass is 271 g/mol. The summed E-state index contributed by atoms with van der Waals surface area (Å²) in [5, 5.41) is 4.19. The van der Waals surface area contributed by atoms with Gasteiger partial charge in [0, 0.05) is 24.3 Å². The van der Waals surface area contributed by atoms with Gasteiger partial charge in [0.25, 0.3) is 0 Å². The summed E-state index contributed by atoms with van der Waals surface area (Å²) in [5.74, 6) is 1.44. The molecule has 0 saturated carbocycles. The second kappa shape index (κ2) is 4.89. The van der Waals surface area contributed by atoms with Crippen molar-refractivity contribution in [1.29, 1.82) is 0 Å². The van der Waals surface area contributed by atoms with Crippen molar-refractivity contribution in [3.63, 3.8) is 0 Å². The number of hydrogen-bond donors (Lipinski definition) is 1. The van der Waals surface area contributed by atoms with E-state index in [0.29, 0.717) is 11.5 Å². The van der Waals surface area contributed by atoms with E-state index < -0.39 is 0 Å². The third-order valence-electron chi connectivity index (χ3n) is 2.82. The first-order valence-electron chi connectivity index (χ1n) is 6.06. The van der Waals surface area contributed by atoms with Crippen LogP contribution in [0.25, 0.3) is 21.7 Å². The smallest absolute Gasteiger partial charge is 0.183 e. The van der Waals surface area contributed by atoms with Crippen molar-refractivity contribution in [2.75, 3.05) is 12.4 Å². The molecule has 0 bridgehead atoms. The maximum Gasteiger partial charge on any atom is 0.183 e. The Kier molecular flexibility index (Phi) is 3.08. The average Bonchev–Trinajstić information content (AvgIpc) is 2.90. The first-order valence-corrected chi connectivity index (χ1v) is 6.88. The van der Waals surface area contributed by atoms with Gasteiger partial charge in [0.15, 0.2) is 5.82 Å². The van der Waals surface area contributed by atoms with E-state index in [4.69, 9.17) is 0 Å². The summed E-state index contributed by atoms with van der Waals surface area (Å²) in [4.78, 5) is 19.7. The number of aryl methyl sites for hydroxylation is 1. The van der Waals surface area contributed by atoms with E-state index in [2.05, 4.69) is 38.2 Å². The highest BCUT2D eigenvalue weighted by Crippen LogP contribution is 2.30. The van der Waals surface area contributed by atoms with Gasteiger partial charge in [0.2, 0.25) is 0 Å². The molecule has 0 fully saturated rings. The van der Waals surface area contributed by atoms with Crippen LogP contribution in [0.1, 0.15) is 11.8 Å². The zero-order chi connectivity index (χ0) is 13.2. The summed E-state index contributed by atoms with van der Waals surface area (Å²) >= 11 is 1.70. The number of nitrogens with one attached hydrogen (secondary N) is 1. The summed E-state index contributed by atoms with van der Waals surface area (Å²) in [7, 11) is 1.87. The van der Waals surface area contributed by atoms with E-state index in [1.807, 2.05) is 7.05 Å². The van der Waals surface area contributed by atoms with Crippen LogP contribution in [0.5, 0.6) is 0 Å². The highest BCUT2D eigenvalue weighted by Gasteiger charge is 2.12. The van der Waals surface area contributed by atoms with Crippen molar-refractivity contribution in [3.05, 3.63) is 29.5 Å². The van der Waals surface area contributed by atoms with Gasteiger partial charge >= 0.3 is 0 Å². The molecule has 96 valence electrons. The maximum absolute atomic E-state index is 4.59. The molecule has 0 amide bonds. The lowest BCUT2D eigenvalue weighted by atomic mass is 10.3. The Morgan fingerprint density at radius 3 is 2.84 bits per heavy atom. The summed E-state index contributed by atoms with van der Waals surface area (Å²) in [6.45, 7) is 2.14. The molecule has 1 N–H and O–H groups in total. The van der Waals surface area contributed by atoms with Crippen molar-refractivity contribution in [3.8, 4) is 11.5 Å². The second-order valence-electron chi connectivity index (χ2n) is 4.02. The number of rotatable bonds is 3. The molecule has 3 rings (SSSR count). The van der Waals surface area contributed by atoms with Crippen molar-refractivity contribution in [1.82, 2.24) is 19.9 Å². The Labute approximate surface area is 114 Å². The minimum atomic E-state index is 0.606. The minimum absolute atomic E-state index is 0.606. The molecule has 0 unspecified atom stereocenters. The highest BCUT2D eigenvalue weighted by molar-refractivity contribution is 7.18. The molecule has 0 atom stereocenters. The normalized spacial score (nSPS) is 10.8. The molecular weight excluding hydrogens is 258 g/mol. The number of anilines is 1. The van der Waals surface area contributed by atoms with Crippen LogP contribution in [0.15, 0.2) is 24.7 Å². The lowest BCUT2D eigenvalue weighted by Crippen LogP contribution is -1.98. The van der Waals surface area contributed by atoms with Crippen molar-refractivity contribution >= 4 is 27.4 Å². The molecule has 5 nitrogen and oxygen atoms in total. The molecule has 0 aliphatic carbocycles. The average molecular weight is 271 g/mol. The van der Waals surface area contributed by atoms with Crippen LogP contribution in [-0.2, 0) is 6.42 Å². The van der Waals surface area contributed by atoms with E-state index in [1.165, 1.54) is 4.88 Å². The molecule has 19 heavy (non-hydrogen) atoms. The van der Waals surface area contributed by atoms with Crippen LogP contribution in [0.4, 0.5) is 5.82 Å². The van der Waals surface area contributed by atoms with Gasteiger partial charge < -0.3 is 5.32 Å². The molecule has 0 aliphatic rings. The molecule has 0 radical (unpaired) electrons. The Morgan fingerprint density at radius 1 is 1.26 bits per heavy atom. The molecule has 3 heterocycles. The lowest BCUT2D eigenvalue weighted by molar-refractivity contribution is 1.14. The lowest BCUT2D eigenvalue weighted by Gasteiger charge is -2.04. The fourth-order valence-electron chi connectivity index (χ4n) is 1.87. The number of thiophene rings is 1. The fourth-order valence-corrected chi connectivity index (χ4v) is 2.83. The predicted molar refractivity (Wildman–Crippen MR) is 77.4 cm³/mol. The molecule has 0 saturated heterocycles. The zero-order valence-electron chi connectivity index (χ0n) is 10.7. The van der Waals surface area contributed by atoms with Crippen LogP contribution in [0.3, 0.4) is 0 Å². The van der Waals surface area contributed by atoms with Crippen molar-refractivity contribution in [2.45, 2.75) is 13.3 Å². The van der Waals surface area contributed by atoms with Gasteiger partial charge in [-0.05, 0) is 12.5 Å². The largest absolute Gasteiger partial charge is 0.372 e. The number of aromatic nitrogens is 4. The number of fused-ring (bicyclic) bond motifs is 1. The molecule has 6 heteroatoms. The zero-order valence-corrected chi connectivity index (χ0v) is 11.5. The fraction of sp³-hybridized carbons (Fsp3) is 0.231. The number of nitrogens with zero attached hydrogens (tertiary/aromatic N) is 4. The molecule has 3 aromatic rings. The van der Waals surface area contributed by atoms with Crippen LogP contribution in [0.2, 0.25) is 0 Å². The van der Waals surface area contributed by atoms with Crippen molar-refractivity contribution in [2.24, 2.45) is 0 Å². The Balaban J connectivity index is 2.22. The maximum atomic E-state index is 4.59. The molecule has 3 aromatic heterocycles. The standard InChI is InChI=1S/C13H13N5S/c1-3-8-6-9-11(14-2)17-12(18-13(9)19-8)10-7-15-4-5-16-10/h4-7H,3H2,1-2H3,(H,14,17,18). The van der Waals surface area contributed by atoms with Gasteiger partial charge in [0.1, 0.15) is 16.3 Å². The predicted octanol–water partition coefficient (Wildman–Crippen LogP) is 2.75. The van der Waals surface area contributed by atoms with Crippen LogP contribution >= 0.6 is 11.3 Å². The van der Waals surface area contributed by atoms with Gasteiger partial charge in [-0.25, -0.2) is 15.0 Å². The van der Waals surface area contributed by atoms with Crippen LogP contribution in [0, 0.1) is 0 Å². The second-order valence-corrected chi connectivity index (χ2v) is 5.14. The minimum Gasteiger partial charge on any atom is -0.372 e. The topological polar surface area (TPSA) is 63.6 Å². The van der Waals surface area contributed by atoms with Gasteiger partial charge in [-0.3, -0.25) is 4.98 Å². The van der Waals surface area contributed by atoms with Crippen LogP contribution < -0.4 is 5.32 Å². The molecular formula is C13H13N5S. The van der Waals surface area contributed by atoms with E-state index in [-0.39, 0.29) is 0 Å². The third-order valence-corrected chi connectivity index (χ3v) is 3.99. The third kappa shape index (κ3) is 2.15. The first-order chi connectivity index (χ1) is 9.31. The van der Waals surface area contributed by atoms with Crippen molar-refractivity contribution < 1.29 is 0 Å². The summed E-state index contributed by atoms with van der Waals surface area (Å²) in [5.41, 5.74) is 0.687. The summed E-state index contributed by atoms with van der Waals surface area (Å²) in [6, 6.07) is 2.15. The molecule has 0 aliphatic heterocycles. The Bertz CT molecular complexity index is 708. The first kappa shape index (κ1) is 12.0. The number of hydrogen-bond acceptors (Lipinski definition) is 6. The van der Waals surface area contributed by atoms with Gasteiger partial charge in [0.05, 0.1) is 11.6 Å². The molecule has 0 spiro atoms. The van der Waals surface area contributed by atoms with E-state index in [0.717, 1.165) is 22.5 Å². The van der Waals surface area contributed by atoms with Gasteiger partial charge in [-0.2, -0.15) is 0 Å². The van der Waals surface area contributed by atoms with E-state index in [1.54, 1.807) is 29.9 Å². The highest BCUT2D eigenvalue weighted by atomic mass is 32.1. The Hall–Kier alpha value is -2.08. The Morgan fingerprint density at radius 2 is 2.16 bits per heavy atom. The molecule has 0 aromatic carbocycles. The SMILES string of the molecule is CCc1cc2c(NC)nc(-c3cnccn3)nc2s1. The van der Waals surface area contributed by atoms with E-state index >= 15 is 0 Å². The summed E-state index contributed by atoms with van der Waals surface area (Å²) < 4.78 is 0.